The average molecular weight is 325 g/mol. The fourth-order valence-electron chi connectivity index (χ4n) is 2.22. The first-order valence-corrected chi connectivity index (χ1v) is 8.92. The van der Waals surface area contributed by atoms with Crippen LogP contribution in [0, 0.1) is 6.92 Å². The fraction of sp³-hybridized carbons (Fsp3) is 0.250. The molecule has 3 nitrogen and oxygen atoms in total. The van der Waals surface area contributed by atoms with Gasteiger partial charge in [-0.3, -0.25) is 0 Å². The summed E-state index contributed by atoms with van der Waals surface area (Å²) in [6.07, 6.45) is 0. The first-order chi connectivity index (χ1) is 9.79. The molecule has 0 atom stereocenters. The molecule has 2 aromatic carbocycles. The number of hydrogen-bond acceptors (Lipinski definition) is 3. The maximum absolute atomic E-state index is 11.5. The fourth-order valence-corrected chi connectivity index (χ4v) is 3.20. The second-order valence-corrected chi connectivity index (χ2v) is 7.69. The van der Waals surface area contributed by atoms with Crippen molar-refractivity contribution < 1.29 is 13.2 Å². The lowest BCUT2D eigenvalue weighted by Crippen LogP contribution is -1.97. The Balaban J connectivity index is 2.38. The normalized spacial score (nSPS) is 11.7. The molecule has 0 aliphatic carbocycles. The Morgan fingerprint density at radius 2 is 1.76 bits per heavy atom. The summed E-state index contributed by atoms with van der Waals surface area (Å²) in [4.78, 5) is -0.0303. The third-order valence-corrected chi connectivity index (χ3v) is 4.56. The van der Waals surface area contributed by atoms with Crippen molar-refractivity contribution >= 4 is 19.7 Å². The van der Waals surface area contributed by atoms with Crippen LogP contribution >= 0.6 is 10.7 Å². The molecule has 0 aliphatic rings. The summed E-state index contributed by atoms with van der Waals surface area (Å²) in [5.74, 6) is 1.24. The molecule has 0 saturated carbocycles. The molecule has 2 rings (SSSR count). The summed E-state index contributed by atoms with van der Waals surface area (Å²) >= 11 is 0. The van der Waals surface area contributed by atoms with Crippen molar-refractivity contribution in [3.63, 3.8) is 0 Å². The summed E-state index contributed by atoms with van der Waals surface area (Å²) < 4.78 is 28.8. The van der Waals surface area contributed by atoms with Crippen LogP contribution in [0.25, 0.3) is 0 Å². The van der Waals surface area contributed by atoms with Gasteiger partial charge in [-0.1, -0.05) is 32.0 Å². The van der Waals surface area contributed by atoms with E-state index in [-0.39, 0.29) is 10.6 Å². The maximum Gasteiger partial charge on any atom is 0.265 e. The van der Waals surface area contributed by atoms with Crippen molar-refractivity contribution in [1.29, 1.82) is 0 Å². The van der Waals surface area contributed by atoms with E-state index in [1.54, 1.807) is 18.2 Å². The standard InChI is InChI=1S/C16H17ClO3S/c1-11(2)14-9-8-13(10-12(14)3)20-15-6-4-5-7-16(15)21(17,18)19/h4-11H,1-3H3. The third kappa shape index (κ3) is 3.77. The number of hydrogen-bond donors (Lipinski definition) is 0. The molecule has 0 bridgehead atoms. The van der Waals surface area contributed by atoms with E-state index in [2.05, 4.69) is 13.8 Å². The van der Waals surface area contributed by atoms with Gasteiger partial charge in [0.25, 0.3) is 9.05 Å². The zero-order valence-corrected chi connectivity index (χ0v) is 13.7. The quantitative estimate of drug-likeness (QED) is 0.756. The third-order valence-electron chi connectivity index (χ3n) is 3.20. The van der Waals surface area contributed by atoms with Gasteiger partial charge < -0.3 is 4.74 Å². The zero-order chi connectivity index (χ0) is 15.6. The van der Waals surface area contributed by atoms with Gasteiger partial charge in [0.2, 0.25) is 0 Å². The van der Waals surface area contributed by atoms with Gasteiger partial charge >= 0.3 is 0 Å². The molecular weight excluding hydrogens is 308 g/mol. The van der Waals surface area contributed by atoms with Crippen LogP contribution in [-0.2, 0) is 9.05 Å². The van der Waals surface area contributed by atoms with Crippen LogP contribution in [0.5, 0.6) is 11.5 Å². The first kappa shape index (κ1) is 15.9. The lowest BCUT2D eigenvalue weighted by atomic mass is 9.98. The maximum atomic E-state index is 11.5. The van der Waals surface area contributed by atoms with Gasteiger partial charge in [0.15, 0.2) is 0 Å². The number of benzene rings is 2. The number of rotatable bonds is 4. The van der Waals surface area contributed by atoms with E-state index in [1.807, 2.05) is 25.1 Å². The van der Waals surface area contributed by atoms with Crippen molar-refractivity contribution in [3.8, 4) is 11.5 Å². The van der Waals surface area contributed by atoms with E-state index < -0.39 is 9.05 Å². The molecule has 0 aromatic heterocycles. The first-order valence-electron chi connectivity index (χ1n) is 6.61. The minimum atomic E-state index is -3.84. The molecule has 0 radical (unpaired) electrons. The molecule has 0 heterocycles. The van der Waals surface area contributed by atoms with E-state index in [1.165, 1.54) is 11.6 Å². The lowest BCUT2D eigenvalue weighted by molar-refractivity contribution is 0.467. The van der Waals surface area contributed by atoms with Crippen LogP contribution in [0.15, 0.2) is 47.4 Å². The highest BCUT2D eigenvalue weighted by atomic mass is 35.7. The van der Waals surface area contributed by atoms with Gasteiger partial charge in [0.1, 0.15) is 16.4 Å². The summed E-state index contributed by atoms with van der Waals surface area (Å²) in [6, 6.07) is 12.0. The molecule has 0 aliphatic heterocycles. The van der Waals surface area contributed by atoms with Crippen LogP contribution < -0.4 is 4.74 Å². The molecule has 0 fully saturated rings. The van der Waals surface area contributed by atoms with Crippen LogP contribution in [0.4, 0.5) is 0 Å². The van der Waals surface area contributed by atoms with Crippen molar-refractivity contribution in [2.75, 3.05) is 0 Å². The minimum Gasteiger partial charge on any atom is -0.456 e. The molecule has 21 heavy (non-hydrogen) atoms. The highest BCUT2D eigenvalue weighted by Gasteiger charge is 2.17. The molecule has 0 N–H and O–H groups in total. The van der Waals surface area contributed by atoms with Crippen LogP contribution in [0.2, 0.25) is 0 Å². The summed E-state index contributed by atoms with van der Waals surface area (Å²) in [5.41, 5.74) is 2.34. The van der Waals surface area contributed by atoms with E-state index in [0.29, 0.717) is 11.7 Å². The topological polar surface area (TPSA) is 43.4 Å². The SMILES string of the molecule is Cc1cc(Oc2ccccc2S(=O)(=O)Cl)ccc1C(C)C. The van der Waals surface area contributed by atoms with Gasteiger partial charge in [-0.15, -0.1) is 0 Å². The smallest absolute Gasteiger partial charge is 0.265 e. The van der Waals surface area contributed by atoms with Gasteiger partial charge in [0.05, 0.1) is 0 Å². The molecule has 2 aromatic rings. The Morgan fingerprint density at radius 3 is 2.33 bits per heavy atom. The van der Waals surface area contributed by atoms with E-state index in [4.69, 9.17) is 15.4 Å². The molecule has 112 valence electrons. The van der Waals surface area contributed by atoms with Crippen molar-refractivity contribution in [2.45, 2.75) is 31.6 Å². The minimum absolute atomic E-state index is 0.0303. The van der Waals surface area contributed by atoms with Crippen molar-refractivity contribution in [2.24, 2.45) is 0 Å². The Morgan fingerprint density at radius 1 is 1.10 bits per heavy atom. The summed E-state index contributed by atoms with van der Waals surface area (Å²) in [6.45, 7) is 6.25. The van der Waals surface area contributed by atoms with Crippen LogP contribution in [0.1, 0.15) is 30.9 Å². The van der Waals surface area contributed by atoms with E-state index in [9.17, 15) is 8.42 Å². The number of halogens is 1. The predicted octanol–water partition coefficient (Wildman–Crippen LogP) is 4.84. The van der Waals surface area contributed by atoms with E-state index >= 15 is 0 Å². The van der Waals surface area contributed by atoms with Crippen LogP contribution in [-0.4, -0.2) is 8.42 Å². The molecule has 0 unspecified atom stereocenters. The Bertz CT molecular complexity index is 752. The van der Waals surface area contributed by atoms with E-state index in [0.717, 1.165) is 5.56 Å². The van der Waals surface area contributed by atoms with Gasteiger partial charge in [0, 0.05) is 10.7 Å². The van der Waals surface area contributed by atoms with Crippen molar-refractivity contribution in [3.05, 3.63) is 53.6 Å². The average Bonchev–Trinajstić information content (AvgIpc) is 2.37. The summed E-state index contributed by atoms with van der Waals surface area (Å²) in [5, 5.41) is 0. The highest BCUT2D eigenvalue weighted by Crippen LogP contribution is 2.32. The predicted molar refractivity (Wildman–Crippen MR) is 84.8 cm³/mol. The lowest BCUT2D eigenvalue weighted by Gasteiger charge is -2.13. The molecule has 0 amide bonds. The van der Waals surface area contributed by atoms with Gasteiger partial charge in [-0.2, -0.15) is 0 Å². The van der Waals surface area contributed by atoms with Crippen molar-refractivity contribution in [1.82, 2.24) is 0 Å². The second kappa shape index (κ2) is 6.08. The molecule has 0 saturated heterocycles. The number of aryl methyl sites for hydroxylation is 1. The highest BCUT2D eigenvalue weighted by molar-refractivity contribution is 8.13. The largest absolute Gasteiger partial charge is 0.456 e. The molecular formula is C16H17ClO3S. The Kier molecular flexibility index (Phi) is 4.59. The Labute approximate surface area is 129 Å². The van der Waals surface area contributed by atoms with Gasteiger partial charge in [-0.25, -0.2) is 8.42 Å². The zero-order valence-electron chi connectivity index (χ0n) is 12.1. The molecule has 5 heteroatoms. The number of para-hydroxylation sites is 1. The Hall–Kier alpha value is -1.52. The van der Waals surface area contributed by atoms with Gasteiger partial charge in [-0.05, 0) is 48.2 Å². The monoisotopic (exact) mass is 324 g/mol. The second-order valence-electron chi connectivity index (χ2n) is 5.16. The summed E-state index contributed by atoms with van der Waals surface area (Å²) in [7, 11) is 1.58. The number of ether oxygens (including phenoxy) is 1. The molecule has 0 spiro atoms. The van der Waals surface area contributed by atoms with Crippen LogP contribution in [0.3, 0.4) is 0 Å².